The smallest absolute Gasteiger partial charge is 0.271 e. The highest BCUT2D eigenvalue weighted by atomic mass is 32.1. The largest absolute Gasteiger partial charge is 0.341 e. The minimum Gasteiger partial charge on any atom is -0.341 e. The number of hydrogen-bond acceptors (Lipinski definition) is 5. The van der Waals surface area contributed by atoms with E-state index in [0.29, 0.717) is 16.8 Å². The molecule has 0 aliphatic carbocycles. The number of amides is 1. The zero-order chi connectivity index (χ0) is 14.8. The van der Waals surface area contributed by atoms with Gasteiger partial charge in [0.15, 0.2) is 0 Å². The second-order valence-electron chi connectivity index (χ2n) is 5.38. The van der Waals surface area contributed by atoms with Gasteiger partial charge in [0.05, 0.1) is 11.8 Å². The lowest BCUT2D eigenvalue weighted by atomic mass is 10.1. The molecule has 0 bridgehead atoms. The highest BCUT2D eigenvalue weighted by Crippen LogP contribution is 2.13. The Morgan fingerprint density at radius 3 is 3.14 bits per heavy atom. The van der Waals surface area contributed by atoms with Crippen LogP contribution in [0.25, 0.3) is 10.2 Å². The normalized spacial score (nSPS) is 19.7. The molecule has 1 aliphatic rings. The molecule has 0 unspecified atom stereocenters. The molecule has 0 spiro atoms. The van der Waals surface area contributed by atoms with Crippen LogP contribution in [0.3, 0.4) is 0 Å². The number of fused-ring (bicyclic) bond motifs is 1. The van der Waals surface area contributed by atoms with Crippen LogP contribution in [0.4, 0.5) is 0 Å². The van der Waals surface area contributed by atoms with Crippen molar-refractivity contribution in [2.75, 3.05) is 13.1 Å². The third-order valence-electron chi connectivity index (χ3n) is 3.87. The Kier molecular flexibility index (Phi) is 4.03. The molecule has 1 atom stereocenters. The number of rotatable bonds is 2. The second-order valence-corrected chi connectivity index (χ2v) is 6.30. The van der Waals surface area contributed by atoms with Crippen LogP contribution in [0.5, 0.6) is 0 Å². The van der Waals surface area contributed by atoms with Crippen molar-refractivity contribution in [1.82, 2.24) is 14.5 Å². The van der Waals surface area contributed by atoms with E-state index in [1.54, 1.807) is 4.90 Å². The van der Waals surface area contributed by atoms with Crippen LogP contribution in [-0.2, 0) is 11.3 Å². The molecule has 6 nitrogen and oxygen atoms in total. The van der Waals surface area contributed by atoms with Gasteiger partial charge in [-0.25, -0.2) is 4.98 Å². The van der Waals surface area contributed by atoms with E-state index in [1.807, 2.05) is 11.4 Å². The molecule has 2 aromatic rings. The predicted octanol–water partition coefficient (Wildman–Crippen LogP) is 0.798. The average Bonchev–Trinajstić information content (AvgIpc) is 2.84. The summed E-state index contributed by atoms with van der Waals surface area (Å²) in [6.07, 6.45) is 4.15. The third kappa shape index (κ3) is 2.98. The van der Waals surface area contributed by atoms with Crippen LogP contribution < -0.4 is 11.3 Å². The summed E-state index contributed by atoms with van der Waals surface area (Å²) in [7, 11) is 0. The van der Waals surface area contributed by atoms with Gasteiger partial charge in [0.2, 0.25) is 5.91 Å². The quantitative estimate of drug-likeness (QED) is 0.890. The third-order valence-corrected chi connectivity index (χ3v) is 4.76. The Labute approximate surface area is 126 Å². The van der Waals surface area contributed by atoms with Gasteiger partial charge in [0.1, 0.15) is 11.2 Å². The number of carbonyl (C=O) groups is 1. The lowest BCUT2D eigenvalue weighted by molar-refractivity contribution is -0.131. The number of hydrogen-bond donors (Lipinski definition) is 1. The van der Waals surface area contributed by atoms with Gasteiger partial charge in [-0.3, -0.25) is 14.2 Å². The molecule has 1 fully saturated rings. The molecule has 2 N–H and O–H groups in total. The summed E-state index contributed by atoms with van der Waals surface area (Å²) in [5.74, 6) is -0.0380. The van der Waals surface area contributed by atoms with E-state index in [1.165, 1.54) is 22.2 Å². The van der Waals surface area contributed by atoms with Crippen molar-refractivity contribution in [1.29, 1.82) is 0 Å². The van der Waals surface area contributed by atoms with Crippen molar-refractivity contribution < 1.29 is 4.79 Å². The summed E-state index contributed by atoms with van der Waals surface area (Å²) in [6, 6.07) is 1.98. The lowest BCUT2D eigenvalue weighted by Gasteiger charge is -2.20. The van der Waals surface area contributed by atoms with Gasteiger partial charge in [0.25, 0.3) is 5.56 Å². The van der Waals surface area contributed by atoms with E-state index in [2.05, 4.69) is 4.98 Å². The van der Waals surface area contributed by atoms with Crippen molar-refractivity contribution >= 4 is 27.5 Å². The molecule has 7 heteroatoms. The molecule has 1 saturated heterocycles. The van der Waals surface area contributed by atoms with E-state index >= 15 is 0 Å². The van der Waals surface area contributed by atoms with Crippen molar-refractivity contribution in [3.8, 4) is 0 Å². The first-order valence-electron chi connectivity index (χ1n) is 7.11. The van der Waals surface area contributed by atoms with Gasteiger partial charge in [0, 0.05) is 19.1 Å². The topological polar surface area (TPSA) is 81.2 Å². The highest BCUT2D eigenvalue weighted by molar-refractivity contribution is 7.17. The van der Waals surface area contributed by atoms with Gasteiger partial charge < -0.3 is 10.6 Å². The minimum absolute atomic E-state index is 0.0380. The molecule has 3 rings (SSSR count). The lowest BCUT2D eigenvalue weighted by Crippen LogP contribution is -2.37. The monoisotopic (exact) mass is 306 g/mol. The number of nitrogens with zero attached hydrogens (tertiary/aromatic N) is 3. The van der Waals surface area contributed by atoms with E-state index < -0.39 is 0 Å². The summed E-state index contributed by atoms with van der Waals surface area (Å²) in [5, 5.41) is 1.83. The molecule has 0 saturated carbocycles. The Balaban J connectivity index is 1.76. The maximum atomic E-state index is 12.4. The van der Waals surface area contributed by atoms with Gasteiger partial charge in [-0.15, -0.1) is 11.3 Å². The van der Waals surface area contributed by atoms with Crippen LogP contribution in [0.15, 0.2) is 22.6 Å². The molecule has 3 heterocycles. The van der Waals surface area contributed by atoms with Gasteiger partial charge in [-0.2, -0.15) is 0 Å². The van der Waals surface area contributed by atoms with Crippen molar-refractivity contribution in [3.63, 3.8) is 0 Å². The summed E-state index contributed by atoms with van der Waals surface area (Å²) >= 11 is 1.36. The van der Waals surface area contributed by atoms with Crippen LogP contribution in [0, 0.1) is 0 Å². The summed E-state index contributed by atoms with van der Waals surface area (Å²) in [5.41, 5.74) is 6.47. The maximum absolute atomic E-state index is 12.4. The summed E-state index contributed by atoms with van der Waals surface area (Å²) < 4.78 is 2.00. The first-order valence-corrected chi connectivity index (χ1v) is 7.99. The number of thiophene rings is 1. The maximum Gasteiger partial charge on any atom is 0.271 e. The zero-order valence-corrected chi connectivity index (χ0v) is 12.5. The van der Waals surface area contributed by atoms with Crippen LogP contribution >= 0.6 is 11.3 Å². The van der Waals surface area contributed by atoms with E-state index in [0.717, 1.165) is 25.8 Å². The molecule has 1 aliphatic heterocycles. The van der Waals surface area contributed by atoms with Crippen LogP contribution in [0.1, 0.15) is 19.3 Å². The fraction of sp³-hybridized carbons (Fsp3) is 0.500. The minimum atomic E-state index is -0.144. The number of aromatic nitrogens is 2. The van der Waals surface area contributed by atoms with Gasteiger partial charge >= 0.3 is 0 Å². The van der Waals surface area contributed by atoms with E-state index in [-0.39, 0.29) is 24.1 Å². The van der Waals surface area contributed by atoms with Gasteiger partial charge in [-0.1, -0.05) is 0 Å². The van der Waals surface area contributed by atoms with Crippen molar-refractivity contribution in [2.24, 2.45) is 5.73 Å². The predicted molar refractivity (Wildman–Crippen MR) is 82.3 cm³/mol. The van der Waals surface area contributed by atoms with Crippen LogP contribution in [-0.4, -0.2) is 39.5 Å². The zero-order valence-electron chi connectivity index (χ0n) is 11.7. The molecular formula is C14H18N4O2S. The first-order chi connectivity index (χ1) is 10.1. The van der Waals surface area contributed by atoms with Crippen molar-refractivity contribution in [2.45, 2.75) is 31.8 Å². The van der Waals surface area contributed by atoms with E-state index in [9.17, 15) is 9.59 Å². The Bertz CT molecular complexity index is 708. The number of nitrogens with two attached hydrogens (primary N) is 1. The molecule has 1 amide bonds. The summed E-state index contributed by atoms with van der Waals surface area (Å²) in [4.78, 5) is 30.6. The highest BCUT2D eigenvalue weighted by Gasteiger charge is 2.19. The van der Waals surface area contributed by atoms with Gasteiger partial charge in [-0.05, 0) is 30.7 Å². The summed E-state index contributed by atoms with van der Waals surface area (Å²) in [6.45, 7) is 1.44. The number of likely N-dealkylation sites (tertiary alicyclic amines) is 1. The Hall–Kier alpha value is -1.73. The molecule has 0 aromatic carbocycles. The van der Waals surface area contributed by atoms with E-state index in [4.69, 9.17) is 5.73 Å². The molecule has 2 aromatic heterocycles. The SMILES string of the molecule is N[C@@H]1CCCN(C(=O)Cn2cnc3ccsc3c2=O)CC1. The number of carbonyl (C=O) groups excluding carboxylic acids is 1. The molecular weight excluding hydrogens is 288 g/mol. The fourth-order valence-corrected chi connectivity index (χ4v) is 3.40. The molecule has 0 radical (unpaired) electrons. The molecule has 112 valence electrons. The standard InChI is InChI=1S/C14H18N4O2S/c15-10-2-1-5-17(6-3-10)12(19)8-18-9-16-11-4-7-21-13(11)14(18)20/h4,7,9-10H,1-3,5-6,8,15H2/t10-/m1/s1. The molecule has 21 heavy (non-hydrogen) atoms. The Morgan fingerprint density at radius 1 is 1.43 bits per heavy atom. The Morgan fingerprint density at radius 2 is 2.29 bits per heavy atom. The van der Waals surface area contributed by atoms with Crippen LogP contribution in [0.2, 0.25) is 0 Å². The fourth-order valence-electron chi connectivity index (χ4n) is 2.61. The average molecular weight is 306 g/mol. The second kappa shape index (κ2) is 5.95. The van der Waals surface area contributed by atoms with Crippen molar-refractivity contribution in [3.05, 3.63) is 28.1 Å². The first kappa shape index (κ1) is 14.2.